The van der Waals surface area contributed by atoms with E-state index in [2.05, 4.69) is 21.4 Å². The van der Waals surface area contributed by atoms with Crippen molar-refractivity contribution in [2.75, 3.05) is 11.9 Å². The average molecular weight is 158 g/mol. The zero-order chi connectivity index (χ0) is 8.39. The van der Waals surface area contributed by atoms with Crippen LogP contribution in [-0.4, -0.2) is 16.5 Å². The molecule has 0 fully saturated rings. The van der Waals surface area contributed by atoms with Crippen molar-refractivity contribution >= 4 is 11.9 Å². The lowest BCUT2D eigenvalue weighted by Gasteiger charge is -2.12. The number of fused-ring (bicyclic) bond motifs is 1. The number of nitrogens with zero attached hydrogens (tertiary/aromatic N) is 3. The van der Waals surface area contributed by atoms with Crippen LogP contribution in [0.5, 0.6) is 0 Å². The summed E-state index contributed by atoms with van der Waals surface area (Å²) in [7, 11) is 0. The van der Waals surface area contributed by atoms with E-state index in [-0.39, 0.29) is 0 Å². The molecule has 1 aliphatic heterocycles. The van der Waals surface area contributed by atoms with Gasteiger partial charge >= 0.3 is 0 Å². The summed E-state index contributed by atoms with van der Waals surface area (Å²) in [6, 6.07) is 2.09. The van der Waals surface area contributed by atoms with Crippen molar-refractivity contribution in [3.63, 3.8) is 0 Å². The maximum Gasteiger partial charge on any atom is 0.136 e. The van der Waals surface area contributed by atoms with Gasteiger partial charge in [0.1, 0.15) is 12.1 Å². The van der Waals surface area contributed by atoms with Crippen LogP contribution in [0.25, 0.3) is 6.08 Å². The number of hydrogen-bond donors (Lipinski definition) is 1. The monoisotopic (exact) mass is 158 g/mol. The molecular weight excluding hydrogens is 152 g/mol. The molecule has 2 heterocycles. The van der Waals surface area contributed by atoms with Crippen molar-refractivity contribution in [3.8, 4) is 6.07 Å². The highest BCUT2D eigenvalue weighted by Crippen LogP contribution is 2.18. The van der Waals surface area contributed by atoms with E-state index in [1.54, 1.807) is 12.3 Å². The van der Waals surface area contributed by atoms with Crippen molar-refractivity contribution in [1.82, 2.24) is 9.97 Å². The van der Waals surface area contributed by atoms with E-state index in [9.17, 15) is 0 Å². The molecule has 58 valence electrons. The van der Waals surface area contributed by atoms with Crippen molar-refractivity contribution in [2.24, 2.45) is 0 Å². The third-order valence-corrected chi connectivity index (χ3v) is 1.66. The zero-order valence-corrected chi connectivity index (χ0v) is 6.28. The molecule has 0 aromatic carbocycles. The first-order valence-electron chi connectivity index (χ1n) is 3.54. The minimum absolute atomic E-state index is 0.556. The van der Waals surface area contributed by atoms with E-state index >= 15 is 0 Å². The Morgan fingerprint density at radius 1 is 1.58 bits per heavy atom. The van der Waals surface area contributed by atoms with E-state index in [4.69, 9.17) is 5.26 Å². The molecule has 0 radical (unpaired) electrons. The lowest BCUT2D eigenvalue weighted by atomic mass is 10.1. The van der Waals surface area contributed by atoms with Crippen LogP contribution in [0.2, 0.25) is 0 Å². The fraction of sp³-hybridized carbons (Fsp3) is 0.125. The Kier molecular flexibility index (Phi) is 1.49. The Hall–Kier alpha value is -1.89. The molecule has 1 aliphatic rings. The second kappa shape index (κ2) is 2.62. The Morgan fingerprint density at radius 2 is 2.50 bits per heavy atom. The summed E-state index contributed by atoms with van der Waals surface area (Å²) in [6.45, 7) is 0.556. The van der Waals surface area contributed by atoms with E-state index in [0.29, 0.717) is 12.1 Å². The second-order valence-electron chi connectivity index (χ2n) is 2.46. The average Bonchev–Trinajstić information content (AvgIpc) is 2.17. The van der Waals surface area contributed by atoms with Gasteiger partial charge in [-0.2, -0.15) is 5.26 Å². The van der Waals surface area contributed by atoms with Crippen molar-refractivity contribution in [3.05, 3.63) is 23.7 Å². The molecule has 4 nitrogen and oxygen atoms in total. The van der Waals surface area contributed by atoms with Gasteiger partial charge in [0.25, 0.3) is 0 Å². The molecule has 4 heteroatoms. The Balaban J connectivity index is 2.49. The number of anilines is 1. The molecule has 1 aromatic heterocycles. The smallest absolute Gasteiger partial charge is 0.136 e. The van der Waals surface area contributed by atoms with Crippen molar-refractivity contribution < 1.29 is 0 Å². The topological polar surface area (TPSA) is 61.6 Å². The highest BCUT2D eigenvalue weighted by molar-refractivity contribution is 5.70. The van der Waals surface area contributed by atoms with Gasteiger partial charge in [-0.05, 0) is 6.08 Å². The Labute approximate surface area is 69.6 Å². The van der Waals surface area contributed by atoms with E-state index in [1.165, 1.54) is 6.33 Å². The first kappa shape index (κ1) is 6.80. The highest BCUT2D eigenvalue weighted by atomic mass is 15.0. The number of rotatable bonds is 0. The zero-order valence-electron chi connectivity index (χ0n) is 6.28. The van der Waals surface area contributed by atoms with Crippen LogP contribution < -0.4 is 5.32 Å². The fourth-order valence-corrected chi connectivity index (χ4v) is 1.08. The molecule has 0 saturated carbocycles. The summed E-state index contributed by atoms with van der Waals surface area (Å²) in [5, 5.41) is 11.6. The van der Waals surface area contributed by atoms with Gasteiger partial charge in [-0.1, -0.05) is 0 Å². The van der Waals surface area contributed by atoms with Crippen LogP contribution in [0.4, 0.5) is 5.82 Å². The third-order valence-electron chi connectivity index (χ3n) is 1.66. The maximum absolute atomic E-state index is 8.62. The fourth-order valence-electron chi connectivity index (χ4n) is 1.08. The van der Waals surface area contributed by atoms with E-state index < -0.39 is 0 Å². The predicted octanol–water partition coefficient (Wildman–Crippen LogP) is 0.809. The third kappa shape index (κ3) is 1.01. The quantitative estimate of drug-likeness (QED) is 0.606. The predicted molar refractivity (Wildman–Crippen MR) is 44.1 cm³/mol. The standard InChI is InChI=1S/C8H6N4/c9-2-6-1-7-4-10-5-12-8(7)11-3-6/h1,4-5H,3H2,(H,10,11,12). The van der Waals surface area contributed by atoms with Crippen molar-refractivity contribution in [1.29, 1.82) is 5.26 Å². The van der Waals surface area contributed by atoms with Gasteiger partial charge in [0.2, 0.25) is 0 Å². The summed E-state index contributed by atoms with van der Waals surface area (Å²) < 4.78 is 0. The van der Waals surface area contributed by atoms with Gasteiger partial charge in [-0.15, -0.1) is 0 Å². The normalized spacial score (nSPS) is 13.8. The summed E-state index contributed by atoms with van der Waals surface area (Å²) >= 11 is 0. The maximum atomic E-state index is 8.62. The molecule has 0 bridgehead atoms. The van der Waals surface area contributed by atoms with Crippen LogP contribution in [0.1, 0.15) is 5.56 Å². The summed E-state index contributed by atoms with van der Waals surface area (Å²) in [6.07, 6.45) is 4.97. The summed E-state index contributed by atoms with van der Waals surface area (Å²) in [5.74, 6) is 0.795. The number of nitriles is 1. The molecule has 0 atom stereocenters. The van der Waals surface area contributed by atoms with Gasteiger partial charge in [0.15, 0.2) is 0 Å². The molecule has 0 amide bonds. The van der Waals surface area contributed by atoms with Crippen LogP contribution in [0.3, 0.4) is 0 Å². The number of nitrogens with one attached hydrogen (secondary N) is 1. The highest BCUT2D eigenvalue weighted by Gasteiger charge is 2.08. The second-order valence-corrected chi connectivity index (χ2v) is 2.46. The van der Waals surface area contributed by atoms with Crippen LogP contribution >= 0.6 is 0 Å². The molecule has 1 N–H and O–H groups in total. The number of hydrogen-bond acceptors (Lipinski definition) is 4. The first-order chi connectivity index (χ1) is 5.90. The molecule has 0 aliphatic carbocycles. The van der Waals surface area contributed by atoms with E-state index in [0.717, 1.165) is 11.4 Å². The SMILES string of the molecule is N#CC1=Cc2cncnc2NC1. The lowest BCUT2D eigenvalue weighted by Crippen LogP contribution is -2.11. The molecule has 2 rings (SSSR count). The largest absolute Gasteiger partial charge is 0.365 e. The molecule has 12 heavy (non-hydrogen) atoms. The Bertz CT molecular complexity index is 375. The summed E-state index contributed by atoms with van der Waals surface area (Å²) in [4.78, 5) is 7.87. The lowest BCUT2D eigenvalue weighted by molar-refractivity contribution is 1.11. The van der Waals surface area contributed by atoms with Crippen LogP contribution in [0, 0.1) is 11.3 Å². The van der Waals surface area contributed by atoms with E-state index in [1.807, 2.05) is 0 Å². The van der Waals surface area contributed by atoms with Crippen LogP contribution in [0.15, 0.2) is 18.1 Å². The van der Waals surface area contributed by atoms with Gasteiger partial charge in [-0.25, -0.2) is 9.97 Å². The van der Waals surface area contributed by atoms with Gasteiger partial charge < -0.3 is 5.32 Å². The molecular formula is C8H6N4. The minimum Gasteiger partial charge on any atom is -0.365 e. The summed E-state index contributed by atoms with van der Waals surface area (Å²) in [5.41, 5.74) is 1.58. The first-order valence-corrected chi connectivity index (χ1v) is 3.54. The van der Waals surface area contributed by atoms with Gasteiger partial charge in [-0.3, -0.25) is 0 Å². The van der Waals surface area contributed by atoms with Gasteiger partial charge in [0, 0.05) is 17.3 Å². The molecule has 0 spiro atoms. The van der Waals surface area contributed by atoms with Crippen LogP contribution in [-0.2, 0) is 0 Å². The Morgan fingerprint density at radius 3 is 3.33 bits per heavy atom. The van der Waals surface area contributed by atoms with Crippen molar-refractivity contribution in [2.45, 2.75) is 0 Å². The minimum atomic E-state index is 0.556. The molecule has 0 saturated heterocycles. The van der Waals surface area contributed by atoms with Gasteiger partial charge in [0.05, 0.1) is 12.6 Å². The molecule has 0 unspecified atom stereocenters. The molecule has 1 aromatic rings. The number of aromatic nitrogens is 2.